The highest BCUT2D eigenvalue weighted by Gasteiger charge is 2.28. The van der Waals surface area contributed by atoms with Gasteiger partial charge in [0, 0.05) is 29.5 Å². The average molecular weight is 319 g/mol. The van der Waals surface area contributed by atoms with Gasteiger partial charge < -0.3 is 4.57 Å². The van der Waals surface area contributed by atoms with E-state index in [0.29, 0.717) is 18.0 Å². The van der Waals surface area contributed by atoms with Crippen LogP contribution in [-0.4, -0.2) is 20.9 Å². The molecule has 6 heteroatoms. The van der Waals surface area contributed by atoms with E-state index in [1.807, 2.05) is 28.8 Å². The fraction of sp³-hybridized carbons (Fsp3) is 0.231. The first-order valence-electron chi connectivity index (χ1n) is 5.58. The molecule has 0 radical (unpaired) electrons. The van der Waals surface area contributed by atoms with E-state index in [1.165, 1.54) is 0 Å². The molecule has 0 aliphatic rings. The summed E-state index contributed by atoms with van der Waals surface area (Å²) in [4.78, 5) is 22.8. The molecule has 0 amide bonds. The predicted octanol–water partition coefficient (Wildman–Crippen LogP) is 3.49. The molecule has 0 saturated carbocycles. The van der Waals surface area contributed by atoms with Gasteiger partial charge in [0.15, 0.2) is 0 Å². The lowest BCUT2D eigenvalue weighted by Crippen LogP contribution is -2.13. The molecule has 3 nitrogen and oxygen atoms in total. The van der Waals surface area contributed by atoms with Gasteiger partial charge in [-0.1, -0.05) is 18.2 Å². The van der Waals surface area contributed by atoms with E-state index in [4.69, 9.17) is 34.8 Å². The summed E-state index contributed by atoms with van der Waals surface area (Å²) in [7, 11) is 0. The number of benzene rings is 1. The van der Waals surface area contributed by atoms with E-state index in [2.05, 4.69) is 0 Å². The molecular weight excluding hydrogens is 309 g/mol. The number of alkyl halides is 1. The SMILES string of the molecule is O=C(Cl)C(C(=O)Cl)c1cn(CCCl)c2ccccc12. The van der Waals surface area contributed by atoms with Gasteiger partial charge in [0.2, 0.25) is 10.5 Å². The van der Waals surface area contributed by atoms with E-state index in [1.54, 1.807) is 6.20 Å². The van der Waals surface area contributed by atoms with Crippen molar-refractivity contribution in [3.63, 3.8) is 0 Å². The zero-order valence-corrected chi connectivity index (χ0v) is 12.0. The number of nitrogens with zero attached hydrogens (tertiary/aromatic N) is 1. The summed E-state index contributed by atoms with van der Waals surface area (Å²) in [6.07, 6.45) is 1.71. The van der Waals surface area contributed by atoms with Crippen molar-refractivity contribution in [2.75, 3.05) is 5.88 Å². The van der Waals surface area contributed by atoms with Crippen LogP contribution in [0.5, 0.6) is 0 Å². The first-order chi connectivity index (χ1) is 9.06. The Labute approximate surface area is 125 Å². The maximum absolute atomic E-state index is 11.4. The van der Waals surface area contributed by atoms with Gasteiger partial charge in [-0.05, 0) is 34.8 Å². The lowest BCUT2D eigenvalue weighted by Gasteiger charge is -2.05. The number of rotatable bonds is 5. The highest BCUT2D eigenvalue weighted by Crippen LogP contribution is 2.31. The standard InChI is InChI=1S/C13H10Cl3NO2/c14-5-6-17-7-9(11(12(15)18)13(16)19)8-3-1-2-4-10(8)17/h1-4,7,11H,5-6H2. The second kappa shape index (κ2) is 5.95. The number of carbonyl (C=O) groups is 2. The van der Waals surface area contributed by atoms with Crippen molar-refractivity contribution in [3.05, 3.63) is 36.0 Å². The number of aromatic nitrogens is 1. The largest absolute Gasteiger partial charge is 0.346 e. The van der Waals surface area contributed by atoms with E-state index >= 15 is 0 Å². The van der Waals surface area contributed by atoms with Crippen LogP contribution in [0.2, 0.25) is 0 Å². The molecule has 0 atom stereocenters. The molecule has 0 saturated heterocycles. The van der Waals surface area contributed by atoms with Gasteiger partial charge in [0.1, 0.15) is 5.92 Å². The molecule has 100 valence electrons. The second-order valence-electron chi connectivity index (χ2n) is 4.03. The lowest BCUT2D eigenvalue weighted by atomic mass is 10.0. The van der Waals surface area contributed by atoms with Crippen molar-refractivity contribution in [1.82, 2.24) is 4.57 Å². The van der Waals surface area contributed by atoms with Crippen LogP contribution in [0, 0.1) is 0 Å². The maximum atomic E-state index is 11.4. The topological polar surface area (TPSA) is 39.1 Å². The fourth-order valence-corrected chi connectivity index (χ4v) is 2.79. The zero-order chi connectivity index (χ0) is 14.0. The van der Waals surface area contributed by atoms with E-state index in [-0.39, 0.29) is 0 Å². The van der Waals surface area contributed by atoms with Crippen LogP contribution < -0.4 is 0 Å². The Hall–Kier alpha value is -1.03. The van der Waals surface area contributed by atoms with Crippen LogP contribution in [0.15, 0.2) is 30.5 Å². The Morgan fingerprint density at radius 2 is 1.79 bits per heavy atom. The Kier molecular flexibility index (Phi) is 4.50. The third kappa shape index (κ3) is 2.78. The summed E-state index contributed by atoms with van der Waals surface area (Å²) < 4.78 is 1.88. The molecule has 1 aromatic heterocycles. The van der Waals surface area contributed by atoms with Gasteiger partial charge in [-0.2, -0.15) is 0 Å². The van der Waals surface area contributed by atoms with Crippen molar-refractivity contribution in [2.45, 2.75) is 12.5 Å². The number of halogens is 3. The van der Waals surface area contributed by atoms with Crippen LogP contribution in [0.25, 0.3) is 10.9 Å². The molecule has 0 unspecified atom stereocenters. The number of hydrogen-bond donors (Lipinski definition) is 0. The minimum atomic E-state index is -1.15. The average Bonchev–Trinajstić information content (AvgIpc) is 2.69. The number of fused-ring (bicyclic) bond motifs is 1. The summed E-state index contributed by atoms with van der Waals surface area (Å²) >= 11 is 16.7. The third-order valence-corrected chi connectivity index (χ3v) is 3.52. The van der Waals surface area contributed by atoms with Gasteiger partial charge in [-0.15, -0.1) is 11.6 Å². The molecule has 19 heavy (non-hydrogen) atoms. The van der Waals surface area contributed by atoms with Crippen molar-refractivity contribution < 1.29 is 9.59 Å². The Morgan fingerprint density at radius 1 is 1.16 bits per heavy atom. The van der Waals surface area contributed by atoms with Crippen LogP contribution in [0.4, 0.5) is 0 Å². The van der Waals surface area contributed by atoms with E-state index in [9.17, 15) is 9.59 Å². The van der Waals surface area contributed by atoms with Gasteiger partial charge in [0.05, 0.1) is 0 Å². The summed E-state index contributed by atoms with van der Waals surface area (Å²) in [5.41, 5.74) is 1.40. The Morgan fingerprint density at radius 3 is 2.37 bits per heavy atom. The van der Waals surface area contributed by atoms with Crippen LogP contribution in [0.1, 0.15) is 11.5 Å². The summed E-state index contributed by atoms with van der Waals surface area (Å²) in [5, 5.41) is -0.789. The van der Waals surface area contributed by atoms with Crippen LogP contribution in [0.3, 0.4) is 0 Å². The highest BCUT2D eigenvalue weighted by atomic mass is 35.5. The molecule has 2 aromatic rings. The van der Waals surface area contributed by atoms with Gasteiger partial charge in [-0.25, -0.2) is 0 Å². The first kappa shape index (κ1) is 14.4. The number of hydrogen-bond acceptors (Lipinski definition) is 2. The van der Waals surface area contributed by atoms with Crippen molar-refractivity contribution in [3.8, 4) is 0 Å². The van der Waals surface area contributed by atoms with Gasteiger partial charge >= 0.3 is 0 Å². The molecule has 0 bridgehead atoms. The molecule has 0 aliphatic heterocycles. The highest BCUT2D eigenvalue weighted by molar-refractivity contribution is 6.74. The molecule has 0 aliphatic carbocycles. The second-order valence-corrected chi connectivity index (χ2v) is 5.15. The minimum absolute atomic E-state index is 0.423. The molecule has 0 N–H and O–H groups in total. The first-order valence-corrected chi connectivity index (χ1v) is 6.87. The number of carbonyl (C=O) groups excluding carboxylic acids is 2. The quantitative estimate of drug-likeness (QED) is 0.481. The molecular formula is C13H10Cl3NO2. The zero-order valence-electron chi connectivity index (χ0n) is 9.78. The minimum Gasteiger partial charge on any atom is -0.346 e. The molecule has 1 heterocycles. The smallest absolute Gasteiger partial charge is 0.238 e. The molecule has 0 fully saturated rings. The normalized spacial score (nSPS) is 11.2. The van der Waals surface area contributed by atoms with E-state index < -0.39 is 16.4 Å². The lowest BCUT2D eigenvalue weighted by molar-refractivity contribution is -0.120. The van der Waals surface area contributed by atoms with Crippen molar-refractivity contribution in [2.24, 2.45) is 0 Å². The summed E-state index contributed by atoms with van der Waals surface area (Å²) in [5.74, 6) is -0.725. The number of aryl methyl sites for hydroxylation is 1. The van der Waals surface area contributed by atoms with Gasteiger partial charge in [0.25, 0.3) is 0 Å². The van der Waals surface area contributed by atoms with Crippen molar-refractivity contribution in [1.29, 1.82) is 0 Å². The molecule has 2 rings (SSSR count). The Bertz CT molecular complexity index is 622. The van der Waals surface area contributed by atoms with Crippen LogP contribution >= 0.6 is 34.8 Å². The Balaban J connectivity index is 2.66. The third-order valence-electron chi connectivity index (χ3n) is 2.91. The summed E-state index contributed by atoms with van der Waals surface area (Å²) in [6.45, 7) is 0.571. The van der Waals surface area contributed by atoms with E-state index in [0.717, 1.165) is 10.9 Å². The van der Waals surface area contributed by atoms with Gasteiger partial charge in [-0.3, -0.25) is 9.59 Å². The van der Waals surface area contributed by atoms with Crippen LogP contribution in [-0.2, 0) is 16.1 Å². The molecule has 1 aromatic carbocycles. The molecule has 0 spiro atoms. The summed E-state index contributed by atoms with van der Waals surface area (Å²) in [6, 6.07) is 7.41. The fourth-order valence-electron chi connectivity index (χ4n) is 2.12. The predicted molar refractivity (Wildman–Crippen MR) is 77.1 cm³/mol. The monoisotopic (exact) mass is 317 g/mol. The van der Waals surface area contributed by atoms with Crippen molar-refractivity contribution >= 4 is 56.2 Å². The maximum Gasteiger partial charge on any atom is 0.238 e. The number of para-hydroxylation sites is 1.